The number of rotatable bonds is 12. The number of ether oxygens (including phenoxy) is 2. The van der Waals surface area contributed by atoms with E-state index in [1.807, 2.05) is 38.1 Å². The van der Waals surface area contributed by atoms with E-state index in [1.54, 1.807) is 12.1 Å². The summed E-state index contributed by atoms with van der Waals surface area (Å²) in [5.74, 6) is 1.11. The molecule has 228 valence electrons. The molecule has 42 heavy (non-hydrogen) atoms. The largest absolute Gasteiger partial charge is 0.492 e. The van der Waals surface area contributed by atoms with Crippen molar-refractivity contribution in [3.8, 4) is 17.6 Å². The minimum absolute atomic E-state index is 0.0916. The van der Waals surface area contributed by atoms with E-state index in [9.17, 15) is 10.1 Å². The van der Waals surface area contributed by atoms with Crippen molar-refractivity contribution in [2.75, 3.05) is 62.9 Å². The second kappa shape index (κ2) is 15.0. The van der Waals surface area contributed by atoms with E-state index < -0.39 is 12.0 Å². The lowest BCUT2D eigenvalue weighted by atomic mass is 9.88. The van der Waals surface area contributed by atoms with E-state index >= 15 is 0 Å². The van der Waals surface area contributed by atoms with Crippen LogP contribution >= 0.6 is 23.2 Å². The Morgan fingerprint density at radius 1 is 1.14 bits per heavy atom. The molecular formula is C31H42Cl2N6O3. The molecule has 11 heteroatoms. The summed E-state index contributed by atoms with van der Waals surface area (Å²) in [5.41, 5.74) is 2.81. The molecule has 2 heterocycles. The van der Waals surface area contributed by atoms with Crippen LogP contribution in [0, 0.1) is 23.2 Å². The third-order valence-electron chi connectivity index (χ3n) is 7.83. The molecule has 0 bridgehead atoms. The molecule has 0 aliphatic carbocycles. The first-order chi connectivity index (χ1) is 20.2. The number of carbonyl (C=O) groups is 1. The fourth-order valence-corrected chi connectivity index (χ4v) is 5.86. The highest BCUT2D eigenvalue weighted by molar-refractivity contribution is 6.36. The van der Waals surface area contributed by atoms with Gasteiger partial charge < -0.3 is 35.6 Å². The van der Waals surface area contributed by atoms with Crippen LogP contribution in [-0.2, 0) is 4.79 Å². The number of nitrogens with zero attached hydrogens (tertiary/aromatic N) is 2. The highest BCUT2D eigenvalue weighted by Crippen LogP contribution is 2.43. The van der Waals surface area contributed by atoms with Gasteiger partial charge in [-0.1, -0.05) is 30.1 Å². The van der Waals surface area contributed by atoms with Crippen molar-refractivity contribution < 1.29 is 14.3 Å². The molecule has 4 atom stereocenters. The second-order valence-electron chi connectivity index (χ2n) is 11.3. The van der Waals surface area contributed by atoms with Gasteiger partial charge in [0.2, 0.25) is 5.91 Å². The maximum Gasteiger partial charge on any atom is 0.224 e. The first-order valence-electron chi connectivity index (χ1n) is 14.7. The normalized spacial score (nSPS) is 21.6. The number of benzene rings is 2. The van der Waals surface area contributed by atoms with Crippen molar-refractivity contribution in [2.24, 2.45) is 11.8 Å². The van der Waals surface area contributed by atoms with Crippen LogP contribution in [0.25, 0.3) is 0 Å². The topological polar surface area (TPSA) is 111 Å². The van der Waals surface area contributed by atoms with Crippen molar-refractivity contribution in [1.29, 1.82) is 5.26 Å². The Kier molecular flexibility index (Phi) is 11.4. The smallest absolute Gasteiger partial charge is 0.224 e. The Labute approximate surface area is 259 Å². The predicted octanol–water partition coefficient (Wildman–Crippen LogP) is 6.16. The maximum absolute atomic E-state index is 12.8. The molecule has 0 radical (unpaired) electrons. The van der Waals surface area contributed by atoms with Gasteiger partial charge in [-0.25, -0.2) is 0 Å². The summed E-state index contributed by atoms with van der Waals surface area (Å²) in [6, 6.07) is 9.47. The van der Waals surface area contributed by atoms with Gasteiger partial charge >= 0.3 is 0 Å². The Bertz CT molecular complexity index is 1280. The van der Waals surface area contributed by atoms with Gasteiger partial charge in [0.15, 0.2) is 0 Å². The lowest BCUT2D eigenvalue weighted by Crippen LogP contribution is -2.44. The van der Waals surface area contributed by atoms with Crippen molar-refractivity contribution >= 4 is 46.2 Å². The van der Waals surface area contributed by atoms with Crippen LogP contribution < -0.4 is 30.7 Å². The van der Waals surface area contributed by atoms with Crippen LogP contribution in [0.4, 0.5) is 17.1 Å². The summed E-state index contributed by atoms with van der Waals surface area (Å²) in [5, 5.41) is 24.2. The number of nitriles is 1. The van der Waals surface area contributed by atoms with Crippen LogP contribution in [0.5, 0.6) is 11.5 Å². The van der Waals surface area contributed by atoms with Crippen LogP contribution in [0.1, 0.15) is 51.1 Å². The number of anilines is 3. The fourth-order valence-electron chi connectivity index (χ4n) is 5.44. The molecule has 1 saturated heterocycles. The molecule has 4 rings (SSSR count). The average Bonchev–Trinajstić information content (AvgIpc) is 2.95. The SMILES string of the molecule is CCOc1cc2c(cc1NC(=O)CCCN(C)C)C(Nc1cc(Cl)c(OCC3NCCCC3C)cc1Cl)C(C#N)CN2. The molecule has 2 aromatic rings. The lowest BCUT2D eigenvalue weighted by molar-refractivity contribution is -0.116. The zero-order valence-electron chi connectivity index (χ0n) is 24.9. The third-order valence-corrected chi connectivity index (χ3v) is 8.44. The number of hydrogen-bond donors (Lipinski definition) is 4. The average molecular weight is 618 g/mol. The van der Waals surface area contributed by atoms with Crippen molar-refractivity contribution in [1.82, 2.24) is 10.2 Å². The lowest BCUT2D eigenvalue weighted by Gasteiger charge is -2.33. The van der Waals surface area contributed by atoms with E-state index in [2.05, 4.69) is 34.3 Å². The van der Waals surface area contributed by atoms with Gasteiger partial charge in [-0.05, 0) is 71.4 Å². The monoisotopic (exact) mass is 616 g/mol. The van der Waals surface area contributed by atoms with Crippen molar-refractivity contribution in [2.45, 2.75) is 51.6 Å². The van der Waals surface area contributed by atoms with E-state index in [0.717, 1.165) is 30.8 Å². The maximum atomic E-state index is 12.8. The van der Waals surface area contributed by atoms with Crippen LogP contribution in [-0.4, -0.2) is 63.8 Å². The van der Waals surface area contributed by atoms with Gasteiger partial charge in [-0.3, -0.25) is 4.79 Å². The molecular weight excluding hydrogens is 575 g/mol. The van der Waals surface area contributed by atoms with Crippen LogP contribution in [0.3, 0.4) is 0 Å². The zero-order chi connectivity index (χ0) is 30.2. The predicted molar refractivity (Wildman–Crippen MR) is 170 cm³/mol. The van der Waals surface area contributed by atoms with Gasteiger partial charge in [0.1, 0.15) is 18.1 Å². The number of piperidine rings is 1. The number of amides is 1. The minimum atomic E-state index is -0.418. The Balaban J connectivity index is 1.56. The first-order valence-corrected chi connectivity index (χ1v) is 15.5. The van der Waals surface area contributed by atoms with Crippen molar-refractivity contribution in [3.63, 3.8) is 0 Å². The number of halogens is 2. The minimum Gasteiger partial charge on any atom is -0.492 e. The Hall–Kier alpha value is -2.90. The molecule has 0 aromatic heterocycles. The van der Waals surface area contributed by atoms with E-state index in [4.69, 9.17) is 32.7 Å². The Morgan fingerprint density at radius 2 is 1.95 bits per heavy atom. The molecule has 0 saturated carbocycles. The Morgan fingerprint density at radius 3 is 2.67 bits per heavy atom. The fraction of sp³-hybridized carbons (Fsp3) is 0.548. The van der Waals surface area contributed by atoms with E-state index in [-0.39, 0.29) is 11.9 Å². The van der Waals surface area contributed by atoms with Gasteiger partial charge in [0.05, 0.1) is 46.1 Å². The number of fused-ring (bicyclic) bond motifs is 1. The summed E-state index contributed by atoms with van der Waals surface area (Å²) in [6.45, 7) is 7.32. The van der Waals surface area contributed by atoms with E-state index in [0.29, 0.717) is 65.0 Å². The van der Waals surface area contributed by atoms with Gasteiger partial charge in [0, 0.05) is 42.4 Å². The highest BCUT2D eigenvalue weighted by atomic mass is 35.5. The van der Waals surface area contributed by atoms with Crippen LogP contribution in [0.2, 0.25) is 10.0 Å². The summed E-state index contributed by atoms with van der Waals surface area (Å²) in [6.07, 6.45) is 3.47. The molecule has 4 unspecified atom stereocenters. The van der Waals surface area contributed by atoms with Gasteiger partial charge in [-0.2, -0.15) is 5.26 Å². The standard InChI is InChI=1S/C31H42Cl2N6O3/c1-5-41-29-15-24-21(12-26(29)37-30(40)9-7-11-39(3)4)31(20(16-34)17-36-24)38-25-13-23(33)28(14-22(25)32)42-18-27-19(2)8-6-10-35-27/h12-15,19-20,27,31,35-36,38H,5-11,17-18H2,1-4H3,(H,37,40). The molecule has 0 spiro atoms. The molecule has 2 aliphatic rings. The van der Waals surface area contributed by atoms with Gasteiger partial charge in [0.25, 0.3) is 0 Å². The zero-order valence-corrected chi connectivity index (χ0v) is 26.4. The number of carbonyl (C=O) groups excluding carboxylic acids is 1. The van der Waals surface area contributed by atoms with Crippen LogP contribution in [0.15, 0.2) is 24.3 Å². The quantitative estimate of drug-likeness (QED) is 0.224. The third kappa shape index (κ3) is 8.13. The first kappa shape index (κ1) is 32.0. The summed E-state index contributed by atoms with van der Waals surface area (Å²) >= 11 is 13.4. The van der Waals surface area contributed by atoms with Gasteiger partial charge in [-0.15, -0.1) is 0 Å². The van der Waals surface area contributed by atoms with E-state index in [1.165, 1.54) is 12.8 Å². The molecule has 4 N–H and O–H groups in total. The number of hydrogen-bond acceptors (Lipinski definition) is 8. The molecule has 2 aliphatic heterocycles. The molecule has 9 nitrogen and oxygen atoms in total. The second-order valence-corrected chi connectivity index (χ2v) is 12.1. The molecule has 1 fully saturated rings. The summed E-state index contributed by atoms with van der Waals surface area (Å²) in [4.78, 5) is 14.8. The summed E-state index contributed by atoms with van der Waals surface area (Å²) in [7, 11) is 3.96. The molecule has 2 aromatic carbocycles. The summed E-state index contributed by atoms with van der Waals surface area (Å²) < 4.78 is 11.9. The molecule has 1 amide bonds. The highest BCUT2D eigenvalue weighted by Gasteiger charge is 2.32. The van der Waals surface area contributed by atoms with Crippen molar-refractivity contribution in [3.05, 3.63) is 39.9 Å². The number of nitrogens with one attached hydrogen (secondary N) is 4.